The summed E-state index contributed by atoms with van der Waals surface area (Å²) in [7, 11) is 0. The average molecular weight is 380 g/mol. The molecule has 0 unspecified atom stereocenters. The van der Waals surface area contributed by atoms with Gasteiger partial charge in [0.1, 0.15) is 4.32 Å². The highest BCUT2D eigenvalue weighted by Crippen LogP contribution is 2.27. The molecule has 136 valence electrons. The quantitative estimate of drug-likeness (QED) is 0.764. The molecule has 1 atom stereocenters. The van der Waals surface area contributed by atoms with E-state index < -0.39 is 0 Å². The number of thiocarbonyl (C=S) groups is 1. The third-order valence-electron chi connectivity index (χ3n) is 3.91. The summed E-state index contributed by atoms with van der Waals surface area (Å²) in [6.07, 6.45) is 2.32. The zero-order chi connectivity index (χ0) is 18.4. The lowest BCUT2D eigenvalue weighted by atomic mass is 10.1. The number of rotatable bonds is 5. The molecule has 0 aliphatic carbocycles. The minimum absolute atomic E-state index is 0.0680. The molecule has 1 aromatic carbocycles. The van der Waals surface area contributed by atoms with E-state index in [2.05, 4.69) is 15.5 Å². The molecule has 0 aromatic heterocycles. The number of nitrogens with one attached hydrogen (secondary N) is 2. The molecule has 1 aliphatic rings. The number of nitrogens with zero attached hydrogens (tertiary/aromatic N) is 1. The molecule has 1 fully saturated rings. The van der Waals surface area contributed by atoms with E-state index in [4.69, 9.17) is 12.2 Å². The van der Waals surface area contributed by atoms with Crippen molar-refractivity contribution in [3.8, 4) is 0 Å². The van der Waals surface area contributed by atoms with Crippen molar-refractivity contribution in [2.75, 3.05) is 23.7 Å². The number of amides is 2. The molecule has 1 saturated heterocycles. The van der Waals surface area contributed by atoms with Crippen molar-refractivity contribution in [3.63, 3.8) is 0 Å². The fourth-order valence-corrected chi connectivity index (χ4v) is 4.15. The monoisotopic (exact) mass is 379 g/mol. The molecule has 2 rings (SSSR count). The predicted octanol–water partition coefficient (Wildman–Crippen LogP) is 3.72. The number of anilines is 2. The largest absolute Gasteiger partial charge is 0.358 e. The Balaban J connectivity index is 2.02. The van der Waals surface area contributed by atoms with E-state index in [-0.39, 0.29) is 23.0 Å². The molecule has 2 amide bonds. The molecule has 0 bridgehead atoms. The molecule has 1 heterocycles. The van der Waals surface area contributed by atoms with Crippen LogP contribution in [-0.2, 0) is 9.59 Å². The third kappa shape index (κ3) is 6.01. The number of benzene rings is 1. The van der Waals surface area contributed by atoms with Crippen LogP contribution in [0.3, 0.4) is 0 Å². The Morgan fingerprint density at radius 3 is 2.32 bits per heavy atom. The third-order valence-corrected chi connectivity index (χ3v) is 5.93. The summed E-state index contributed by atoms with van der Waals surface area (Å²) in [6, 6.07) is 7.14. The Morgan fingerprint density at radius 2 is 1.76 bits per heavy atom. The van der Waals surface area contributed by atoms with Gasteiger partial charge >= 0.3 is 0 Å². The summed E-state index contributed by atoms with van der Waals surface area (Å²) in [4.78, 5) is 26.1. The maximum atomic E-state index is 12.7. The summed E-state index contributed by atoms with van der Waals surface area (Å²) in [5.41, 5.74) is 1.32. The fraction of sp³-hybridized carbons (Fsp3) is 0.500. The first-order valence-corrected chi connectivity index (χ1v) is 9.79. The van der Waals surface area contributed by atoms with E-state index in [0.717, 1.165) is 30.3 Å². The van der Waals surface area contributed by atoms with Crippen LogP contribution in [-0.4, -0.2) is 39.4 Å². The predicted molar refractivity (Wildman–Crippen MR) is 109 cm³/mol. The second-order valence-electron chi connectivity index (χ2n) is 6.49. The average Bonchev–Trinajstić information content (AvgIpc) is 3.06. The van der Waals surface area contributed by atoms with Crippen LogP contribution in [0.15, 0.2) is 24.3 Å². The van der Waals surface area contributed by atoms with Crippen molar-refractivity contribution in [2.24, 2.45) is 5.92 Å². The number of hydrogen-bond donors (Lipinski definition) is 2. The summed E-state index contributed by atoms with van der Waals surface area (Å²) in [5, 5.41) is 5.41. The van der Waals surface area contributed by atoms with E-state index in [0.29, 0.717) is 11.4 Å². The number of carbonyl (C=O) groups excluding carboxylic acids is 2. The zero-order valence-electron chi connectivity index (χ0n) is 14.9. The van der Waals surface area contributed by atoms with Crippen molar-refractivity contribution >= 4 is 51.5 Å². The van der Waals surface area contributed by atoms with Gasteiger partial charge in [-0.2, -0.15) is 0 Å². The van der Waals surface area contributed by atoms with Crippen molar-refractivity contribution in [1.82, 2.24) is 4.90 Å². The van der Waals surface area contributed by atoms with Gasteiger partial charge in [0.05, 0.1) is 5.25 Å². The van der Waals surface area contributed by atoms with Crippen LogP contribution < -0.4 is 10.6 Å². The molecule has 1 aromatic rings. The van der Waals surface area contributed by atoms with E-state index >= 15 is 0 Å². The lowest BCUT2D eigenvalue weighted by Crippen LogP contribution is -2.34. The van der Waals surface area contributed by atoms with Gasteiger partial charge in [-0.1, -0.05) is 43.9 Å². The van der Waals surface area contributed by atoms with Crippen LogP contribution >= 0.6 is 24.0 Å². The van der Waals surface area contributed by atoms with Gasteiger partial charge in [-0.3, -0.25) is 9.59 Å². The van der Waals surface area contributed by atoms with Gasteiger partial charge in [-0.15, -0.1) is 0 Å². The van der Waals surface area contributed by atoms with Gasteiger partial charge in [0.25, 0.3) is 0 Å². The highest BCUT2D eigenvalue weighted by molar-refractivity contribution is 8.23. The summed E-state index contributed by atoms with van der Waals surface area (Å²) >= 11 is 6.99. The van der Waals surface area contributed by atoms with Crippen molar-refractivity contribution in [1.29, 1.82) is 0 Å². The highest BCUT2D eigenvalue weighted by atomic mass is 32.2. The molecule has 0 radical (unpaired) electrons. The van der Waals surface area contributed by atoms with Crippen LogP contribution in [0, 0.1) is 5.92 Å². The molecule has 0 spiro atoms. The van der Waals surface area contributed by atoms with E-state index in [1.807, 2.05) is 19.9 Å². The molecule has 25 heavy (non-hydrogen) atoms. The Labute approximate surface area is 158 Å². The van der Waals surface area contributed by atoms with Gasteiger partial charge in [0.15, 0.2) is 0 Å². The number of carbonyl (C=O) groups is 2. The standard InChI is InChI=1S/C18H25N3O2S2/c1-12(2)16(25-18(24)21-9-4-5-10-21)17(23)20-15-8-6-7-14(11-15)19-13(3)22/h6-8,11-12,16H,4-5,9-10H2,1-3H3,(H,19,22)(H,20,23)/t16-/m1/s1. The maximum Gasteiger partial charge on any atom is 0.238 e. The molecule has 5 nitrogen and oxygen atoms in total. The van der Waals surface area contributed by atoms with Crippen LogP contribution in [0.2, 0.25) is 0 Å². The minimum Gasteiger partial charge on any atom is -0.358 e. The van der Waals surface area contributed by atoms with Crippen LogP contribution in [0.1, 0.15) is 33.6 Å². The highest BCUT2D eigenvalue weighted by Gasteiger charge is 2.27. The second kappa shape index (κ2) is 9.20. The normalized spacial score (nSPS) is 15.1. The first-order chi connectivity index (χ1) is 11.9. The van der Waals surface area contributed by atoms with Gasteiger partial charge in [-0.05, 0) is 37.0 Å². The SMILES string of the molecule is CC(=O)Nc1cccc(NC(=O)[C@H](SC(=S)N2CCCC2)C(C)C)c1. The Kier molecular flexibility index (Phi) is 7.25. The first kappa shape index (κ1) is 19.7. The molecular weight excluding hydrogens is 354 g/mol. The lowest BCUT2D eigenvalue weighted by Gasteiger charge is -2.24. The summed E-state index contributed by atoms with van der Waals surface area (Å²) < 4.78 is 0.804. The smallest absolute Gasteiger partial charge is 0.238 e. The van der Waals surface area contributed by atoms with Crippen LogP contribution in [0.5, 0.6) is 0 Å². The van der Waals surface area contributed by atoms with Gasteiger partial charge in [0.2, 0.25) is 11.8 Å². The Morgan fingerprint density at radius 1 is 1.16 bits per heavy atom. The Hall–Kier alpha value is -1.60. The Bertz CT molecular complexity index is 643. The minimum atomic E-state index is -0.252. The van der Waals surface area contributed by atoms with Crippen molar-refractivity contribution < 1.29 is 9.59 Å². The van der Waals surface area contributed by atoms with E-state index in [1.165, 1.54) is 18.7 Å². The number of hydrogen-bond acceptors (Lipinski definition) is 4. The molecule has 0 saturated carbocycles. The van der Waals surface area contributed by atoms with Gasteiger partial charge < -0.3 is 15.5 Å². The second-order valence-corrected chi connectivity index (χ2v) is 8.27. The van der Waals surface area contributed by atoms with Crippen molar-refractivity contribution in [3.05, 3.63) is 24.3 Å². The summed E-state index contributed by atoms with van der Waals surface area (Å²) in [5.74, 6) is -0.0550. The van der Waals surface area contributed by atoms with Crippen LogP contribution in [0.4, 0.5) is 11.4 Å². The fourth-order valence-electron chi connectivity index (χ4n) is 2.67. The molecule has 1 aliphatic heterocycles. The number of likely N-dealkylation sites (tertiary alicyclic amines) is 1. The lowest BCUT2D eigenvalue weighted by molar-refractivity contribution is -0.116. The van der Waals surface area contributed by atoms with E-state index in [1.54, 1.807) is 18.2 Å². The topological polar surface area (TPSA) is 61.4 Å². The number of thioether (sulfide) groups is 1. The van der Waals surface area contributed by atoms with Gasteiger partial charge in [-0.25, -0.2) is 0 Å². The maximum absolute atomic E-state index is 12.7. The molecular formula is C18H25N3O2S2. The van der Waals surface area contributed by atoms with Gasteiger partial charge in [0, 0.05) is 31.4 Å². The summed E-state index contributed by atoms with van der Waals surface area (Å²) in [6.45, 7) is 7.47. The first-order valence-electron chi connectivity index (χ1n) is 8.51. The molecule has 7 heteroatoms. The van der Waals surface area contributed by atoms with Crippen molar-refractivity contribution in [2.45, 2.75) is 38.9 Å². The molecule has 2 N–H and O–H groups in total. The zero-order valence-corrected chi connectivity index (χ0v) is 16.5. The van der Waals surface area contributed by atoms with E-state index in [9.17, 15) is 9.59 Å². The van der Waals surface area contributed by atoms with Crippen LogP contribution in [0.25, 0.3) is 0 Å².